The molecule has 134 valence electrons. The number of aromatic nitrogens is 1. The van der Waals surface area contributed by atoms with Gasteiger partial charge in [-0.1, -0.05) is 49.8 Å². The first kappa shape index (κ1) is 17.7. The summed E-state index contributed by atoms with van der Waals surface area (Å²) in [6.45, 7) is 5.86. The lowest BCUT2D eigenvalue weighted by Crippen LogP contribution is -2.36. The van der Waals surface area contributed by atoms with E-state index in [0.717, 1.165) is 38.0 Å². The highest BCUT2D eigenvalue weighted by Gasteiger charge is 2.24. The van der Waals surface area contributed by atoms with Crippen LogP contribution in [0, 0.1) is 5.92 Å². The average Bonchev–Trinajstić information content (AvgIpc) is 2.98. The summed E-state index contributed by atoms with van der Waals surface area (Å²) in [7, 11) is 0. The summed E-state index contributed by atoms with van der Waals surface area (Å²) in [5.41, 5.74) is 2.21. The lowest BCUT2D eigenvalue weighted by molar-refractivity contribution is -0.118. The number of benzene rings is 1. The number of para-hydroxylation sites is 1. The van der Waals surface area contributed by atoms with E-state index >= 15 is 0 Å². The molecule has 2 aromatic rings. The van der Waals surface area contributed by atoms with E-state index in [0.29, 0.717) is 15.9 Å². The highest BCUT2D eigenvalue weighted by Crippen LogP contribution is 2.31. The Bertz CT molecular complexity index is 744. The fraction of sp³-hybridized carbons (Fsp3) is 0.474. The van der Waals surface area contributed by atoms with Gasteiger partial charge in [0, 0.05) is 18.8 Å². The number of fused-ring (bicyclic) bond motifs is 1. The number of thiazole rings is 1. The van der Waals surface area contributed by atoms with Crippen LogP contribution >= 0.6 is 11.3 Å². The van der Waals surface area contributed by atoms with Gasteiger partial charge >= 0.3 is 0 Å². The van der Waals surface area contributed by atoms with Gasteiger partial charge in [0.2, 0.25) is 11.8 Å². The standard InChI is InChI=1S/C19H25N3O2S/c1-3-13(2)12-20-19-21-18(24)16(25-19)11-17(23)22-10-6-8-14-7-4-5-9-15(14)22/h4-5,7,9,13,24H,3,6,8,10-12H2,1-2H3,(H,20,21). The molecule has 0 radical (unpaired) electrons. The zero-order chi connectivity index (χ0) is 17.8. The molecule has 0 spiro atoms. The maximum absolute atomic E-state index is 12.8. The van der Waals surface area contributed by atoms with Crippen LogP contribution in [-0.4, -0.2) is 29.1 Å². The Morgan fingerprint density at radius 3 is 3.04 bits per heavy atom. The van der Waals surface area contributed by atoms with E-state index in [1.165, 1.54) is 16.9 Å². The van der Waals surface area contributed by atoms with Crippen molar-refractivity contribution < 1.29 is 9.90 Å². The van der Waals surface area contributed by atoms with Gasteiger partial charge in [-0.15, -0.1) is 0 Å². The molecule has 0 fully saturated rings. The minimum atomic E-state index is -0.0321. The maximum atomic E-state index is 12.8. The quantitative estimate of drug-likeness (QED) is 0.823. The van der Waals surface area contributed by atoms with Crippen molar-refractivity contribution in [1.82, 2.24) is 4.98 Å². The van der Waals surface area contributed by atoms with Crippen molar-refractivity contribution in [3.63, 3.8) is 0 Å². The summed E-state index contributed by atoms with van der Waals surface area (Å²) >= 11 is 1.37. The summed E-state index contributed by atoms with van der Waals surface area (Å²) in [5, 5.41) is 14.0. The van der Waals surface area contributed by atoms with Crippen LogP contribution < -0.4 is 10.2 Å². The zero-order valence-corrected chi connectivity index (χ0v) is 15.6. The third-order valence-electron chi connectivity index (χ3n) is 4.70. The van der Waals surface area contributed by atoms with E-state index in [2.05, 4.69) is 30.2 Å². The SMILES string of the molecule is CCC(C)CNc1nc(O)c(CC(=O)N2CCCc3ccccc32)s1. The fourth-order valence-corrected chi connectivity index (χ4v) is 3.82. The van der Waals surface area contributed by atoms with Gasteiger partial charge in [0.15, 0.2) is 5.13 Å². The Balaban J connectivity index is 1.69. The second-order valence-electron chi connectivity index (χ2n) is 6.61. The van der Waals surface area contributed by atoms with Crippen LogP contribution in [0.15, 0.2) is 24.3 Å². The van der Waals surface area contributed by atoms with Crippen molar-refractivity contribution in [1.29, 1.82) is 0 Å². The monoisotopic (exact) mass is 359 g/mol. The van der Waals surface area contributed by atoms with Gasteiger partial charge in [0.25, 0.3) is 0 Å². The van der Waals surface area contributed by atoms with Gasteiger partial charge in [-0.2, -0.15) is 4.98 Å². The number of carbonyl (C=O) groups excluding carboxylic acids is 1. The van der Waals surface area contributed by atoms with Gasteiger partial charge in [-0.25, -0.2) is 0 Å². The summed E-state index contributed by atoms with van der Waals surface area (Å²) in [6, 6.07) is 8.05. The van der Waals surface area contributed by atoms with Crippen LogP contribution in [0.4, 0.5) is 10.8 Å². The van der Waals surface area contributed by atoms with Gasteiger partial charge in [0.1, 0.15) is 0 Å². The summed E-state index contributed by atoms with van der Waals surface area (Å²) in [4.78, 5) is 19.4. The minimum absolute atomic E-state index is 0.0135. The molecule has 3 rings (SSSR count). The number of hydrogen-bond donors (Lipinski definition) is 2. The Labute approximate surface area is 152 Å². The predicted molar refractivity (Wildman–Crippen MR) is 103 cm³/mol. The molecule has 1 aliphatic rings. The van der Waals surface area contributed by atoms with E-state index in [9.17, 15) is 9.90 Å². The Morgan fingerprint density at radius 2 is 2.24 bits per heavy atom. The van der Waals surface area contributed by atoms with E-state index in [4.69, 9.17) is 0 Å². The second kappa shape index (κ2) is 7.87. The lowest BCUT2D eigenvalue weighted by Gasteiger charge is -2.29. The molecular weight excluding hydrogens is 334 g/mol. The van der Waals surface area contributed by atoms with Crippen molar-refractivity contribution in [3.8, 4) is 5.88 Å². The summed E-state index contributed by atoms with van der Waals surface area (Å²) in [5.74, 6) is 0.524. The summed E-state index contributed by atoms with van der Waals surface area (Å²) in [6.07, 6.45) is 3.25. The number of nitrogens with zero attached hydrogens (tertiary/aromatic N) is 2. The molecule has 1 atom stereocenters. The third-order valence-corrected chi connectivity index (χ3v) is 5.70. The molecule has 1 unspecified atom stereocenters. The van der Waals surface area contributed by atoms with Crippen LogP contribution in [0.25, 0.3) is 0 Å². The van der Waals surface area contributed by atoms with E-state index in [1.807, 2.05) is 23.1 Å². The first-order valence-corrected chi connectivity index (χ1v) is 9.71. The number of nitrogens with one attached hydrogen (secondary N) is 1. The first-order chi connectivity index (χ1) is 12.1. The van der Waals surface area contributed by atoms with Crippen LogP contribution in [0.1, 0.15) is 37.1 Å². The number of carbonyl (C=O) groups is 1. The van der Waals surface area contributed by atoms with Gasteiger partial charge in [0.05, 0.1) is 11.3 Å². The number of aromatic hydroxyl groups is 1. The molecule has 25 heavy (non-hydrogen) atoms. The zero-order valence-electron chi connectivity index (χ0n) is 14.8. The molecular formula is C19H25N3O2S. The average molecular weight is 359 g/mol. The molecule has 0 aliphatic carbocycles. The Morgan fingerprint density at radius 1 is 1.44 bits per heavy atom. The number of rotatable bonds is 6. The number of hydrogen-bond acceptors (Lipinski definition) is 5. The van der Waals surface area contributed by atoms with Crippen LogP contribution in [0.5, 0.6) is 5.88 Å². The topological polar surface area (TPSA) is 65.5 Å². The number of anilines is 2. The molecule has 0 saturated carbocycles. The van der Waals surface area contributed by atoms with Crippen molar-refractivity contribution in [3.05, 3.63) is 34.7 Å². The molecule has 5 nitrogen and oxygen atoms in total. The fourth-order valence-electron chi connectivity index (χ4n) is 2.97. The normalized spacial score (nSPS) is 14.9. The predicted octanol–water partition coefficient (Wildman–Crippen LogP) is 3.83. The molecule has 1 aliphatic heterocycles. The highest BCUT2D eigenvalue weighted by atomic mass is 32.1. The first-order valence-electron chi connectivity index (χ1n) is 8.89. The maximum Gasteiger partial charge on any atom is 0.232 e. The smallest absolute Gasteiger partial charge is 0.232 e. The van der Waals surface area contributed by atoms with Crippen molar-refractivity contribution in [2.45, 2.75) is 39.5 Å². The van der Waals surface area contributed by atoms with Crippen LogP contribution in [-0.2, 0) is 17.6 Å². The molecule has 1 aromatic heterocycles. The summed E-state index contributed by atoms with van der Waals surface area (Å²) < 4.78 is 0. The van der Waals surface area contributed by atoms with Crippen LogP contribution in [0.3, 0.4) is 0 Å². The number of aryl methyl sites for hydroxylation is 1. The van der Waals surface area contributed by atoms with Crippen molar-refractivity contribution in [2.24, 2.45) is 5.92 Å². The second-order valence-corrected chi connectivity index (χ2v) is 7.70. The van der Waals surface area contributed by atoms with E-state index < -0.39 is 0 Å². The van der Waals surface area contributed by atoms with Gasteiger partial charge in [-0.3, -0.25) is 4.79 Å². The third kappa shape index (κ3) is 4.12. The molecule has 0 saturated heterocycles. The Kier molecular flexibility index (Phi) is 5.58. The van der Waals surface area contributed by atoms with E-state index in [-0.39, 0.29) is 18.2 Å². The molecule has 1 amide bonds. The lowest BCUT2D eigenvalue weighted by atomic mass is 10.0. The van der Waals surface area contributed by atoms with Crippen molar-refractivity contribution in [2.75, 3.05) is 23.3 Å². The van der Waals surface area contributed by atoms with Crippen molar-refractivity contribution >= 4 is 28.1 Å². The largest absolute Gasteiger partial charge is 0.492 e. The van der Waals surface area contributed by atoms with E-state index in [1.54, 1.807) is 0 Å². The van der Waals surface area contributed by atoms with Gasteiger partial charge < -0.3 is 15.3 Å². The molecule has 2 N–H and O–H groups in total. The number of amides is 1. The Hall–Kier alpha value is -2.08. The minimum Gasteiger partial charge on any atom is -0.492 e. The van der Waals surface area contributed by atoms with Crippen LogP contribution in [0.2, 0.25) is 0 Å². The molecule has 1 aromatic carbocycles. The molecule has 6 heteroatoms. The molecule has 0 bridgehead atoms. The highest BCUT2D eigenvalue weighted by molar-refractivity contribution is 7.16. The van der Waals surface area contributed by atoms with Gasteiger partial charge in [-0.05, 0) is 30.4 Å². The molecule has 2 heterocycles.